The van der Waals surface area contributed by atoms with Crippen molar-refractivity contribution in [1.82, 2.24) is 15.4 Å². The Morgan fingerprint density at radius 1 is 1.15 bits per heavy atom. The number of likely N-dealkylation sites (tertiary alicyclic amines) is 1. The van der Waals surface area contributed by atoms with Crippen molar-refractivity contribution >= 4 is 11.8 Å². The minimum atomic E-state index is -0.0614. The van der Waals surface area contributed by atoms with Crippen LogP contribution in [0.15, 0.2) is 4.52 Å². The molecule has 26 heavy (non-hydrogen) atoms. The molecule has 1 saturated heterocycles. The lowest BCUT2D eigenvalue weighted by molar-refractivity contribution is -0.136. The number of nitrogens with one attached hydrogen (secondary N) is 1. The van der Waals surface area contributed by atoms with Crippen molar-refractivity contribution in [3.8, 4) is 0 Å². The molecule has 0 aromatic carbocycles. The van der Waals surface area contributed by atoms with Crippen molar-refractivity contribution in [3.63, 3.8) is 0 Å². The van der Waals surface area contributed by atoms with Crippen molar-refractivity contribution in [3.05, 3.63) is 17.0 Å². The van der Waals surface area contributed by atoms with Crippen LogP contribution in [-0.4, -0.2) is 41.0 Å². The van der Waals surface area contributed by atoms with Gasteiger partial charge in [0, 0.05) is 31.1 Å². The van der Waals surface area contributed by atoms with Gasteiger partial charge in [-0.05, 0) is 46.0 Å². The fourth-order valence-electron chi connectivity index (χ4n) is 4.23. The second kappa shape index (κ2) is 8.69. The van der Waals surface area contributed by atoms with Crippen LogP contribution in [0.4, 0.5) is 0 Å². The van der Waals surface area contributed by atoms with Crippen LogP contribution in [0.2, 0.25) is 0 Å². The summed E-state index contributed by atoms with van der Waals surface area (Å²) in [5.74, 6) is 0.993. The lowest BCUT2D eigenvalue weighted by atomic mass is 9.93. The highest BCUT2D eigenvalue weighted by molar-refractivity contribution is 5.81. The van der Waals surface area contributed by atoms with E-state index in [-0.39, 0.29) is 17.7 Å². The zero-order valence-electron chi connectivity index (χ0n) is 16.1. The van der Waals surface area contributed by atoms with Gasteiger partial charge in [0.25, 0.3) is 0 Å². The highest BCUT2D eigenvalue weighted by Crippen LogP contribution is 2.22. The molecule has 1 unspecified atom stereocenters. The minimum Gasteiger partial charge on any atom is -0.361 e. The Morgan fingerprint density at radius 2 is 1.92 bits per heavy atom. The van der Waals surface area contributed by atoms with Gasteiger partial charge in [-0.3, -0.25) is 9.59 Å². The fraction of sp³-hybridized carbons (Fsp3) is 0.750. The molecule has 2 heterocycles. The van der Waals surface area contributed by atoms with Crippen molar-refractivity contribution in [2.24, 2.45) is 5.92 Å². The summed E-state index contributed by atoms with van der Waals surface area (Å²) in [7, 11) is 0. The summed E-state index contributed by atoms with van der Waals surface area (Å²) in [6.45, 7) is 5.10. The van der Waals surface area contributed by atoms with Crippen molar-refractivity contribution in [2.75, 3.05) is 13.1 Å². The largest absolute Gasteiger partial charge is 0.361 e. The maximum absolute atomic E-state index is 12.6. The van der Waals surface area contributed by atoms with Crippen LogP contribution in [0.5, 0.6) is 0 Å². The second-order valence-electron chi connectivity index (χ2n) is 7.83. The van der Waals surface area contributed by atoms with Gasteiger partial charge >= 0.3 is 0 Å². The first-order valence-corrected chi connectivity index (χ1v) is 10.0. The Labute approximate surface area is 155 Å². The molecule has 2 aliphatic rings. The minimum absolute atomic E-state index is 0.0614. The molecular weight excluding hydrogens is 330 g/mol. The highest BCUT2D eigenvalue weighted by atomic mass is 16.5. The average Bonchev–Trinajstić information content (AvgIpc) is 2.98. The first-order chi connectivity index (χ1) is 12.5. The van der Waals surface area contributed by atoms with Gasteiger partial charge < -0.3 is 14.7 Å². The van der Waals surface area contributed by atoms with E-state index in [1.807, 2.05) is 18.7 Å². The number of piperidine rings is 1. The number of rotatable bonds is 5. The number of aryl methyl sites for hydroxylation is 2. The SMILES string of the molecule is Cc1noc(C)c1CCC(=O)N1CCCC(C(=O)NC2CCCCC2)C1. The molecule has 3 rings (SSSR count). The van der Waals surface area contributed by atoms with Crippen molar-refractivity contribution in [2.45, 2.75) is 77.7 Å². The molecule has 6 heteroatoms. The van der Waals surface area contributed by atoms with Crippen LogP contribution in [0.25, 0.3) is 0 Å². The maximum Gasteiger partial charge on any atom is 0.225 e. The number of hydrogen-bond acceptors (Lipinski definition) is 4. The van der Waals surface area contributed by atoms with E-state index in [0.29, 0.717) is 25.4 Å². The molecule has 1 aromatic heterocycles. The number of carbonyl (C=O) groups is 2. The summed E-state index contributed by atoms with van der Waals surface area (Å²) in [4.78, 5) is 27.1. The standard InChI is InChI=1S/C20H31N3O3/c1-14-18(15(2)26-22-14)10-11-19(24)23-12-6-7-16(13-23)20(25)21-17-8-4-3-5-9-17/h16-17H,3-13H2,1-2H3,(H,21,25). The molecule has 1 aliphatic carbocycles. The molecule has 0 spiro atoms. The lowest BCUT2D eigenvalue weighted by Gasteiger charge is -2.33. The third kappa shape index (κ3) is 4.65. The Kier molecular flexibility index (Phi) is 6.33. The first kappa shape index (κ1) is 18.9. The van der Waals surface area contributed by atoms with E-state index >= 15 is 0 Å². The van der Waals surface area contributed by atoms with Gasteiger partial charge in [0.15, 0.2) is 0 Å². The van der Waals surface area contributed by atoms with E-state index in [0.717, 1.165) is 49.2 Å². The molecule has 6 nitrogen and oxygen atoms in total. The van der Waals surface area contributed by atoms with Crippen LogP contribution in [0.3, 0.4) is 0 Å². The van der Waals surface area contributed by atoms with E-state index in [1.54, 1.807) is 0 Å². The predicted molar refractivity (Wildman–Crippen MR) is 98.6 cm³/mol. The van der Waals surface area contributed by atoms with Gasteiger partial charge in [-0.2, -0.15) is 0 Å². The van der Waals surface area contributed by atoms with Crippen LogP contribution < -0.4 is 5.32 Å². The summed E-state index contributed by atoms with van der Waals surface area (Å²) in [6.07, 6.45) is 8.77. The molecule has 1 aliphatic heterocycles. The topological polar surface area (TPSA) is 75.4 Å². The van der Waals surface area contributed by atoms with E-state index in [9.17, 15) is 9.59 Å². The third-order valence-electron chi connectivity index (χ3n) is 5.87. The fourth-order valence-corrected chi connectivity index (χ4v) is 4.23. The van der Waals surface area contributed by atoms with Crippen LogP contribution in [0.1, 0.15) is 68.4 Å². The molecule has 1 N–H and O–H groups in total. The summed E-state index contributed by atoms with van der Waals surface area (Å²) >= 11 is 0. The molecule has 2 amide bonds. The zero-order valence-corrected chi connectivity index (χ0v) is 16.1. The van der Waals surface area contributed by atoms with Gasteiger partial charge in [0.1, 0.15) is 5.76 Å². The number of nitrogens with zero attached hydrogens (tertiary/aromatic N) is 2. The summed E-state index contributed by atoms with van der Waals surface area (Å²) < 4.78 is 5.17. The summed E-state index contributed by atoms with van der Waals surface area (Å²) in [6, 6.07) is 0.335. The number of aromatic nitrogens is 1. The Bertz CT molecular complexity index is 615. The van der Waals surface area contributed by atoms with Crippen LogP contribution >= 0.6 is 0 Å². The first-order valence-electron chi connectivity index (χ1n) is 10.0. The number of carbonyl (C=O) groups excluding carboxylic acids is 2. The smallest absolute Gasteiger partial charge is 0.225 e. The molecule has 1 saturated carbocycles. The van der Waals surface area contributed by atoms with Gasteiger partial charge in [0.2, 0.25) is 11.8 Å². The van der Waals surface area contributed by atoms with Gasteiger partial charge in [-0.25, -0.2) is 0 Å². The van der Waals surface area contributed by atoms with Gasteiger partial charge in [-0.1, -0.05) is 24.4 Å². The van der Waals surface area contributed by atoms with Gasteiger partial charge in [-0.15, -0.1) is 0 Å². The third-order valence-corrected chi connectivity index (χ3v) is 5.87. The van der Waals surface area contributed by atoms with Crippen molar-refractivity contribution < 1.29 is 14.1 Å². The summed E-state index contributed by atoms with van der Waals surface area (Å²) in [5.41, 5.74) is 1.89. The molecule has 1 atom stereocenters. The number of hydrogen-bond donors (Lipinski definition) is 1. The Balaban J connectivity index is 1.49. The molecule has 1 aromatic rings. The zero-order chi connectivity index (χ0) is 18.5. The van der Waals surface area contributed by atoms with Crippen LogP contribution in [-0.2, 0) is 16.0 Å². The van der Waals surface area contributed by atoms with E-state index in [1.165, 1.54) is 19.3 Å². The molecule has 0 radical (unpaired) electrons. The molecular formula is C20H31N3O3. The normalized spacial score (nSPS) is 21.6. The average molecular weight is 361 g/mol. The summed E-state index contributed by atoms with van der Waals surface area (Å²) in [5, 5.41) is 7.16. The van der Waals surface area contributed by atoms with E-state index in [2.05, 4.69) is 10.5 Å². The Morgan fingerprint density at radius 3 is 2.62 bits per heavy atom. The monoisotopic (exact) mass is 361 g/mol. The number of amides is 2. The van der Waals surface area contributed by atoms with E-state index < -0.39 is 0 Å². The van der Waals surface area contributed by atoms with E-state index in [4.69, 9.17) is 4.52 Å². The Hall–Kier alpha value is -1.85. The van der Waals surface area contributed by atoms with Gasteiger partial charge in [0.05, 0.1) is 11.6 Å². The van der Waals surface area contributed by atoms with Crippen LogP contribution in [0, 0.1) is 19.8 Å². The second-order valence-corrected chi connectivity index (χ2v) is 7.83. The predicted octanol–water partition coefficient (Wildman–Crippen LogP) is 2.91. The molecule has 2 fully saturated rings. The maximum atomic E-state index is 12.6. The van der Waals surface area contributed by atoms with Crippen molar-refractivity contribution in [1.29, 1.82) is 0 Å². The molecule has 144 valence electrons. The lowest BCUT2D eigenvalue weighted by Crippen LogP contribution is -2.48. The molecule has 0 bridgehead atoms. The highest BCUT2D eigenvalue weighted by Gasteiger charge is 2.29. The quantitative estimate of drug-likeness (QED) is 0.875.